The smallest absolute Gasteiger partial charge is 0.223 e. The topological polar surface area (TPSA) is 55.6 Å². The zero-order valence-corrected chi connectivity index (χ0v) is 9.11. The first kappa shape index (κ1) is 10.5. The van der Waals surface area contributed by atoms with Gasteiger partial charge < -0.3 is 9.88 Å². The van der Waals surface area contributed by atoms with Gasteiger partial charge in [-0.2, -0.15) is 0 Å². The number of halogens is 1. The minimum absolute atomic E-state index is 0.207. The van der Waals surface area contributed by atoms with E-state index < -0.39 is 5.82 Å². The number of aromatic nitrogens is 4. The molecule has 2 heterocycles. The van der Waals surface area contributed by atoms with Crippen LogP contribution in [0.1, 0.15) is 6.92 Å². The van der Waals surface area contributed by atoms with E-state index in [2.05, 4.69) is 20.3 Å². The second-order valence-corrected chi connectivity index (χ2v) is 3.28. The molecule has 0 aromatic carbocycles. The summed E-state index contributed by atoms with van der Waals surface area (Å²) < 4.78 is 15.3. The lowest BCUT2D eigenvalue weighted by Crippen LogP contribution is -2.05. The van der Waals surface area contributed by atoms with Gasteiger partial charge in [0.2, 0.25) is 5.95 Å². The first-order valence-corrected chi connectivity index (χ1v) is 4.96. The minimum atomic E-state index is -0.476. The quantitative estimate of drug-likeness (QED) is 0.852. The van der Waals surface area contributed by atoms with Gasteiger partial charge in [-0.05, 0) is 6.92 Å². The molecule has 0 spiro atoms. The van der Waals surface area contributed by atoms with Crippen molar-refractivity contribution >= 4 is 5.95 Å². The second kappa shape index (κ2) is 4.26. The number of aryl methyl sites for hydroxylation is 1. The molecule has 2 aromatic rings. The normalized spacial score (nSPS) is 10.4. The fourth-order valence-electron chi connectivity index (χ4n) is 1.36. The maximum Gasteiger partial charge on any atom is 0.223 e. The van der Waals surface area contributed by atoms with Crippen molar-refractivity contribution in [3.05, 3.63) is 24.4 Å². The van der Waals surface area contributed by atoms with Crippen molar-refractivity contribution in [1.29, 1.82) is 0 Å². The highest BCUT2D eigenvalue weighted by atomic mass is 19.1. The molecule has 2 aromatic heterocycles. The van der Waals surface area contributed by atoms with E-state index in [4.69, 9.17) is 0 Å². The zero-order chi connectivity index (χ0) is 11.5. The van der Waals surface area contributed by atoms with Crippen molar-refractivity contribution in [2.75, 3.05) is 11.9 Å². The lowest BCUT2D eigenvalue weighted by Gasteiger charge is -2.05. The lowest BCUT2D eigenvalue weighted by atomic mass is 10.3. The highest BCUT2D eigenvalue weighted by molar-refractivity contribution is 5.52. The molecule has 0 aliphatic carbocycles. The third-order valence-corrected chi connectivity index (χ3v) is 2.11. The summed E-state index contributed by atoms with van der Waals surface area (Å²) in [4.78, 5) is 12.0. The number of anilines is 1. The average molecular weight is 221 g/mol. The van der Waals surface area contributed by atoms with Gasteiger partial charge in [-0.3, -0.25) is 0 Å². The van der Waals surface area contributed by atoms with Crippen molar-refractivity contribution in [1.82, 2.24) is 19.5 Å². The molecule has 0 saturated heterocycles. The summed E-state index contributed by atoms with van der Waals surface area (Å²) in [6.45, 7) is 2.61. The van der Waals surface area contributed by atoms with Gasteiger partial charge in [0.1, 0.15) is 5.69 Å². The molecule has 0 saturated carbocycles. The molecule has 6 heteroatoms. The Bertz CT molecular complexity index is 494. The van der Waals surface area contributed by atoms with Crippen molar-refractivity contribution in [2.24, 2.45) is 7.05 Å². The first-order chi connectivity index (χ1) is 7.72. The second-order valence-electron chi connectivity index (χ2n) is 3.28. The molecule has 0 amide bonds. The largest absolute Gasteiger partial charge is 0.354 e. The van der Waals surface area contributed by atoms with E-state index in [0.29, 0.717) is 18.3 Å². The van der Waals surface area contributed by atoms with Crippen LogP contribution in [-0.4, -0.2) is 26.1 Å². The van der Waals surface area contributed by atoms with E-state index in [1.165, 1.54) is 0 Å². The molecule has 0 atom stereocenters. The third kappa shape index (κ3) is 1.86. The number of nitrogens with zero attached hydrogens (tertiary/aromatic N) is 4. The van der Waals surface area contributed by atoms with Gasteiger partial charge in [0.15, 0.2) is 11.6 Å². The first-order valence-electron chi connectivity index (χ1n) is 4.96. The molecular formula is C10H12FN5. The van der Waals surface area contributed by atoms with E-state index in [9.17, 15) is 4.39 Å². The highest BCUT2D eigenvalue weighted by Crippen LogP contribution is 2.18. The van der Waals surface area contributed by atoms with Crippen LogP contribution in [-0.2, 0) is 7.05 Å². The van der Waals surface area contributed by atoms with Crippen LogP contribution in [0.2, 0.25) is 0 Å². The molecule has 84 valence electrons. The predicted molar refractivity (Wildman–Crippen MR) is 58.4 cm³/mol. The van der Waals surface area contributed by atoms with Crippen LogP contribution in [0.3, 0.4) is 0 Å². The molecule has 0 radical (unpaired) electrons. The van der Waals surface area contributed by atoms with Crippen LogP contribution in [0.15, 0.2) is 18.6 Å². The minimum Gasteiger partial charge on any atom is -0.354 e. The Morgan fingerprint density at radius 3 is 2.88 bits per heavy atom. The monoisotopic (exact) mass is 221 g/mol. The molecule has 5 nitrogen and oxygen atoms in total. The van der Waals surface area contributed by atoms with Gasteiger partial charge in [-0.15, -0.1) is 0 Å². The van der Waals surface area contributed by atoms with Gasteiger partial charge in [0.25, 0.3) is 0 Å². The van der Waals surface area contributed by atoms with Gasteiger partial charge >= 0.3 is 0 Å². The molecule has 0 aliphatic heterocycles. The number of imidazole rings is 1. The predicted octanol–water partition coefficient (Wildman–Crippen LogP) is 1.45. The Balaban J connectivity index is 2.47. The maximum absolute atomic E-state index is 13.5. The Hall–Kier alpha value is -1.98. The molecule has 0 aliphatic rings. The van der Waals surface area contributed by atoms with Gasteiger partial charge in [-0.25, -0.2) is 19.3 Å². The Kier molecular flexibility index (Phi) is 2.80. The van der Waals surface area contributed by atoms with E-state index in [0.717, 1.165) is 6.20 Å². The van der Waals surface area contributed by atoms with Crippen molar-refractivity contribution in [3.63, 3.8) is 0 Å². The fourth-order valence-corrected chi connectivity index (χ4v) is 1.36. The number of hydrogen-bond donors (Lipinski definition) is 1. The molecule has 0 bridgehead atoms. The average Bonchev–Trinajstić information content (AvgIpc) is 2.68. The Morgan fingerprint density at radius 2 is 2.25 bits per heavy atom. The standard InChI is InChI=1S/C10H12FN5/c1-3-12-10-14-6-7(11)8(15-10)9-13-4-5-16(9)2/h4-6H,3H2,1-2H3,(H,12,14,15). The van der Waals surface area contributed by atoms with Crippen LogP contribution in [0.5, 0.6) is 0 Å². The number of hydrogen-bond acceptors (Lipinski definition) is 4. The summed E-state index contributed by atoms with van der Waals surface area (Å²) >= 11 is 0. The van der Waals surface area contributed by atoms with Crippen molar-refractivity contribution < 1.29 is 4.39 Å². The van der Waals surface area contributed by atoms with Crippen LogP contribution in [0.25, 0.3) is 11.5 Å². The molecule has 1 N–H and O–H groups in total. The summed E-state index contributed by atoms with van der Waals surface area (Å²) in [5.74, 6) is 0.414. The van der Waals surface area contributed by atoms with Crippen molar-refractivity contribution in [2.45, 2.75) is 6.92 Å². The fraction of sp³-hybridized carbons (Fsp3) is 0.300. The lowest BCUT2D eigenvalue weighted by molar-refractivity contribution is 0.615. The molecule has 0 unspecified atom stereocenters. The molecular weight excluding hydrogens is 209 g/mol. The van der Waals surface area contributed by atoms with Crippen molar-refractivity contribution in [3.8, 4) is 11.5 Å². The van der Waals surface area contributed by atoms with Crippen LogP contribution in [0, 0.1) is 5.82 Å². The molecule has 0 fully saturated rings. The SMILES string of the molecule is CCNc1ncc(F)c(-c2nccn2C)n1. The van der Waals surface area contributed by atoms with Gasteiger partial charge in [0.05, 0.1) is 6.20 Å². The van der Waals surface area contributed by atoms with Crippen LogP contribution in [0.4, 0.5) is 10.3 Å². The summed E-state index contributed by atoms with van der Waals surface area (Å²) in [7, 11) is 1.79. The summed E-state index contributed by atoms with van der Waals surface area (Å²) in [5.41, 5.74) is 0.207. The zero-order valence-electron chi connectivity index (χ0n) is 9.11. The summed E-state index contributed by atoms with van der Waals surface area (Å²) in [5, 5.41) is 2.93. The Morgan fingerprint density at radius 1 is 1.44 bits per heavy atom. The van der Waals surface area contributed by atoms with E-state index >= 15 is 0 Å². The van der Waals surface area contributed by atoms with E-state index in [1.807, 2.05) is 6.92 Å². The molecule has 2 rings (SSSR count). The number of nitrogens with one attached hydrogen (secondary N) is 1. The summed E-state index contributed by atoms with van der Waals surface area (Å²) in [6, 6.07) is 0. The highest BCUT2D eigenvalue weighted by Gasteiger charge is 2.12. The van der Waals surface area contributed by atoms with Crippen LogP contribution < -0.4 is 5.32 Å². The van der Waals surface area contributed by atoms with Gasteiger partial charge in [-0.1, -0.05) is 0 Å². The number of rotatable bonds is 3. The van der Waals surface area contributed by atoms with E-state index in [-0.39, 0.29) is 5.69 Å². The maximum atomic E-state index is 13.5. The third-order valence-electron chi connectivity index (χ3n) is 2.11. The molecule has 16 heavy (non-hydrogen) atoms. The summed E-state index contributed by atoms with van der Waals surface area (Å²) in [6.07, 6.45) is 4.49. The Labute approximate surface area is 92.4 Å². The van der Waals surface area contributed by atoms with Crippen LogP contribution >= 0.6 is 0 Å². The van der Waals surface area contributed by atoms with Gasteiger partial charge in [0, 0.05) is 26.0 Å². The van der Waals surface area contributed by atoms with E-state index in [1.54, 1.807) is 24.0 Å².